The number of piperidine rings is 1. The number of thioether (sulfide) groups is 1. The smallest absolute Gasteiger partial charge is 0.319 e. The van der Waals surface area contributed by atoms with Gasteiger partial charge in [-0.1, -0.05) is 18.6 Å². The third-order valence-corrected chi connectivity index (χ3v) is 5.31. The predicted molar refractivity (Wildman–Crippen MR) is 102 cm³/mol. The minimum absolute atomic E-state index is 0.0804. The zero-order chi connectivity index (χ0) is 17.5. The molecule has 0 spiro atoms. The van der Waals surface area contributed by atoms with Gasteiger partial charge in [0.25, 0.3) is 0 Å². The number of hydrogen-bond donors (Lipinski definition) is 2. The molecule has 1 aliphatic rings. The van der Waals surface area contributed by atoms with Crippen LogP contribution in [-0.2, 0) is 0 Å². The molecule has 6 heteroatoms. The molecule has 1 unspecified atom stereocenters. The first-order chi connectivity index (χ1) is 12.3. The van der Waals surface area contributed by atoms with Gasteiger partial charge in [0.1, 0.15) is 5.76 Å². The largest absolute Gasteiger partial charge is 0.468 e. The Bertz CT molecular complexity index is 669. The number of nitrogens with one attached hydrogen (secondary N) is 2. The molecule has 1 saturated heterocycles. The molecule has 25 heavy (non-hydrogen) atoms. The van der Waals surface area contributed by atoms with Gasteiger partial charge in [-0.15, -0.1) is 11.8 Å². The molecule has 0 bridgehead atoms. The van der Waals surface area contributed by atoms with E-state index in [2.05, 4.69) is 15.5 Å². The van der Waals surface area contributed by atoms with Crippen LogP contribution in [0.15, 0.2) is 52.0 Å². The lowest BCUT2D eigenvalue weighted by Crippen LogP contribution is -2.41. The number of hydrogen-bond acceptors (Lipinski definition) is 4. The molecule has 2 N–H and O–H groups in total. The van der Waals surface area contributed by atoms with Gasteiger partial charge in [-0.05, 0) is 56.5 Å². The first kappa shape index (κ1) is 17.9. The van der Waals surface area contributed by atoms with E-state index in [1.54, 1.807) is 18.0 Å². The zero-order valence-electron chi connectivity index (χ0n) is 14.5. The molecule has 3 rings (SSSR count). The second kappa shape index (κ2) is 8.97. The zero-order valence-corrected chi connectivity index (χ0v) is 15.3. The van der Waals surface area contributed by atoms with Crippen LogP contribution in [0.5, 0.6) is 0 Å². The molecule has 1 aromatic carbocycles. The lowest BCUT2D eigenvalue weighted by Gasteiger charge is -2.33. The highest BCUT2D eigenvalue weighted by Gasteiger charge is 2.24. The second-order valence-corrected chi connectivity index (χ2v) is 7.01. The summed E-state index contributed by atoms with van der Waals surface area (Å²) in [7, 11) is 0. The van der Waals surface area contributed by atoms with Crippen molar-refractivity contribution in [1.82, 2.24) is 10.2 Å². The molecule has 1 atom stereocenters. The highest BCUT2D eigenvalue weighted by Crippen LogP contribution is 2.26. The quantitative estimate of drug-likeness (QED) is 0.753. The maximum Gasteiger partial charge on any atom is 0.319 e. The molecule has 1 aromatic heterocycles. The highest BCUT2D eigenvalue weighted by molar-refractivity contribution is 7.98. The monoisotopic (exact) mass is 359 g/mol. The van der Waals surface area contributed by atoms with Crippen molar-refractivity contribution < 1.29 is 9.21 Å². The van der Waals surface area contributed by atoms with Crippen LogP contribution in [0.25, 0.3) is 0 Å². The summed E-state index contributed by atoms with van der Waals surface area (Å²) in [6.07, 6.45) is 7.37. The Hall–Kier alpha value is -1.92. The van der Waals surface area contributed by atoms with Gasteiger partial charge in [0.2, 0.25) is 0 Å². The van der Waals surface area contributed by atoms with E-state index >= 15 is 0 Å². The molecule has 1 aliphatic heterocycles. The number of carbonyl (C=O) groups is 1. The fourth-order valence-corrected chi connectivity index (χ4v) is 3.78. The Labute approximate surface area is 153 Å². The molecule has 134 valence electrons. The number of urea groups is 1. The lowest BCUT2D eigenvalue weighted by molar-refractivity contribution is 0.144. The Kier molecular flexibility index (Phi) is 6.42. The number of amides is 2. The Morgan fingerprint density at radius 2 is 2.00 bits per heavy atom. The van der Waals surface area contributed by atoms with E-state index in [0.29, 0.717) is 6.54 Å². The molecule has 2 heterocycles. The summed E-state index contributed by atoms with van der Waals surface area (Å²) in [6.45, 7) is 2.62. The fraction of sp³-hybridized carbons (Fsp3) is 0.421. The third kappa shape index (κ3) is 4.80. The van der Waals surface area contributed by atoms with Crippen molar-refractivity contribution in [3.05, 3.63) is 48.4 Å². The number of furan rings is 1. The summed E-state index contributed by atoms with van der Waals surface area (Å²) in [6, 6.07) is 11.6. The van der Waals surface area contributed by atoms with Crippen LogP contribution in [0, 0.1) is 0 Å². The van der Waals surface area contributed by atoms with Crippen molar-refractivity contribution in [1.29, 1.82) is 0 Å². The van der Waals surface area contributed by atoms with Crippen LogP contribution < -0.4 is 10.6 Å². The molecular formula is C19H25N3O2S. The number of carbonyl (C=O) groups excluding carboxylic acids is 1. The van der Waals surface area contributed by atoms with Gasteiger partial charge in [-0.2, -0.15) is 0 Å². The topological polar surface area (TPSA) is 57.5 Å². The Morgan fingerprint density at radius 1 is 1.20 bits per heavy atom. The van der Waals surface area contributed by atoms with E-state index in [4.69, 9.17) is 4.42 Å². The van der Waals surface area contributed by atoms with E-state index in [0.717, 1.165) is 29.4 Å². The molecule has 0 saturated carbocycles. The average Bonchev–Trinajstić information content (AvgIpc) is 3.18. The number of para-hydroxylation sites is 1. The number of benzene rings is 1. The summed E-state index contributed by atoms with van der Waals surface area (Å²) < 4.78 is 5.62. The van der Waals surface area contributed by atoms with Crippen LogP contribution in [0.4, 0.5) is 10.5 Å². The van der Waals surface area contributed by atoms with Gasteiger partial charge < -0.3 is 15.1 Å². The molecule has 2 aromatic rings. The van der Waals surface area contributed by atoms with Gasteiger partial charge in [-0.25, -0.2) is 4.79 Å². The molecule has 5 nitrogen and oxygen atoms in total. The van der Waals surface area contributed by atoms with Crippen LogP contribution in [0.3, 0.4) is 0 Å². The van der Waals surface area contributed by atoms with E-state index in [-0.39, 0.29) is 12.1 Å². The Morgan fingerprint density at radius 3 is 2.72 bits per heavy atom. The van der Waals surface area contributed by atoms with Crippen LogP contribution >= 0.6 is 11.8 Å². The average molecular weight is 359 g/mol. The van der Waals surface area contributed by atoms with Gasteiger partial charge in [0.05, 0.1) is 18.0 Å². The fourth-order valence-electron chi connectivity index (χ4n) is 3.22. The maximum absolute atomic E-state index is 12.4. The molecule has 0 aliphatic carbocycles. The van der Waals surface area contributed by atoms with E-state index < -0.39 is 0 Å². The lowest BCUT2D eigenvalue weighted by atomic mass is 10.1. The minimum atomic E-state index is -0.185. The van der Waals surface area contributed by atoms with Gasteiger partial charge in [-0.3, -0.25) is 4.90 Å². The molecule has 1 fully saturated rings. The van der Waals surface area contributed by atoms with Crippen molar-refractivity contribution in [2.45, 2.75) is 30.2 Å². The number of rotatable bonds is 6. The summed E-state index contributed by atoms with van der Waals surface area (Å²) in [5.74, 6) is 0.909. The Balaban J connectivity index is 1.61. The van der Waals surface area contributed by atoms with Crippen molar-refractivity contribution in [2.75, 3.05) is 31.2 Å². The van der Waals surface area contributed by atoms with Crippen molar-refractivity contribution in [3.8, 4) is 0 Å². The summed E-state index contributed by atoms with van der Waals surface area (Å²) in [4.78, 5) is 15.8. The molecular weight excluding hydrogens is 334 g/mol. The van der Waals surface area contributed by atoms with E-state index in [9.17, 15) is 4.79 Å². The number of anilines is 1. The van der Waals surface area contributed by atoms with Crippen molar-refractivity contribution in [3.63, 3.8) is 0 Å². The van der Waals surface area contributed by atoms with Gasteiger partial charge in [0, 0.05) is 11.4 Å². The highest BCUT2D eigenvalue weighted by atomic mass is 32.2. The van der Waals surface area contributed by atoms with Gasteiger partial charge in [0.15, 0.2) is 0 Å². The summed E-state index contributed by atoms with van der Waals surface area (Å²) in [5, 5.41) is 5.95. The maximum atomic E-state index is 12.4. The van der Waals surface area contributed by atoms with E-state index in [1.165, 1.54) is 19.3 Å². The minimum Gasteiger partial charge on any atom is -0.468 e. The van der Waals surface area contributed by atoms with Crippen LogP contribution in [-0.4, -0.2) is 36.8 Å². The number of likely N-dealkylation sites (tertiary alicyclic amines) is 1. The first-order valence-corrected chi connectivity index (χ1v) is 9.95. The standard InChI is InChI=1S/C19H25N3O2S/c1-25-18-10-4-3-8-15(18)21-19(23)20-14-16(17-9-7-13-24-17)22-11-5-2-6-12-22/h3-4,7-10,13,16H,2,5-6,11-12,14H2,1H3,(H2,20,21,23). The first-order valence-electron chi connectivity index (χ1n) is 8.73. The molecule has 0 radical (unpaired) electrons. The predicted octanol–water partition coefficient (Wildman–Crippen LogP) is 4.35. The normalized spacial score (nSPS) is 16.4. The SMILES string of the molecule is CSc1ccccc1NC(=O)NCC(c1ccco1)N1CCCCC1. The van der Waals surface area contributed by atoms with Crippen molar-refractivity contribution >= 4 is 23.5 Å². The molecule has 2 amide bonds. The van der Waals surface area contributed by atoms with E-state index in [1.807, 2.05) is 42.7 Å². The number of nitrogens with zero attached hydrogens (tertiary/aromatic N) is 1. The van der Waals surface area contributed by atoms with Crippen LogP contribution in [0.1, 0.15) is 31.1 Å². The van der Waals surface area contributed by atoms with Crippen LogP contribution in [0.2, 0.25) is 0 Å². The van der Waals surface area contributed by atoms with Gasteiger partial charge >= 0.3 is 6.03 Å². The summed E-state index contributed by atoms with van der Waals surface area (Å²) in [5.41, 5.74) is 0.833. The third-order valence-electron chi connectivity index (χ3n) is 4.51. The summed E-state index contributed by atoms with van der Waals surface area (Å²) >= 11 is 1.62. The second-order valence-electron chi connectivity index (χ2n) is 6.16. The van der Waals surface area contributed by atoms with Crippen molar-refractivity contribution in [2.24, 2.45) is 0 Å².